The van der Waals surface area contributed by atoms with Crippen LogP contribution < -0.4 is 11.1 Å². The van der Waals surface area contributed by atoms with Gasteiger partial charge in [0, 0.05) is 5.69 Å². The molecule has 0 amide bonds. The zero-order valence-corrected chi connectivity index (χ0v) is 14.9. The molecule has 0 bridgehead atoms. The van der Waals surface area contributed by atoms with Crippen molar-refractivity contribution in [2.75, 3.05) is 5.32 Å². The number of aryl methyl sites for hydroxylation is 1. The zero-order chi connectivity index (χ0) is 16.7. The SMILES string of the molecule is Cc1cc2nc(-c3cc(NC(N)=S)ccc3O)oc2c(Br)c1C. The Morgan fingerprint density at radius 2 is 2.09 bits per heavy atom. The molecule has 0 saturated carbocycles. The van der Waals surface area contributed by atoms with Crippen molar-refractivity contribution >= 4 is 50.0 Å². The number of fused-ring (bicyclic) bond motifs is 1. The first-order valence-corrected chi connectivity index (χ1v) is 8.03. The van der Waals surface area contributed by atoms with Crippen molar-refractivity contribution in [1.29, 1.82) is 0 Å². The number of phenols is 1. The number of phenolic OH excluding ortho intramolecular Hbond substituents is 1. The van der Waals surface area contributed by atoms with Crippen LogP contribution in [0.4, 0.5) is 5.69 Å². The maximum Gasteiger partial charge on any atom is 0.231 e. The van der Waals surface area contributed by atoms with E-state index in [9.17, 15) is 5.11 Å². The highest BCUT2D eigenvalue weighted by molar-refractivity contribution is 9.10. The van der Waals surface area contributed by atoms with Crippen molar-refractivity contribution in [3.05, 3.63) is 39.9 Å². The molecule has 5 nitrogen and oxygen atoms in total. The summed E-state index contributed by atoms with van der Waals surface area (Å²) in [6.45, 7) is 4.02. The Kier molecular flexibility index (Phi) is 3.99. The number of aromatic nitrogens is 1. The van der Waals surface area contributed by atoms with Crippen LogP contribution in [0, 0.1) is 13.8 Å². The number of thiocarbonyl (C=S) groups is 1. The number of halogens is 1. The normalized spacial score (nSPS) is 10.9. The predicted octanol–water partition coefficient (Wildman–Crippen LogP) is 4.24. The van der Waals surface area contributed by atoms with Crippen molar-refractivity contribution in [2.24, 2.45) is 5.73 Å². The summed E-state index contributed by atoms with van der Waals surface area (Å²) < 4.78 is 6.72. The second-order valence-corrected chi connectivity index (χ2v) is 6.45. The molecule has 3 aromatic rings. The summed E-state index contributed by atoms with van der Waals surface area (Å²) in [6, 6.07) is 6.85. The fourth-order valence-electron chi connectivity index (χ4n) is 2.29. The van der Waals surface area contributed by atoms with Crippen LogP contribution in [-0.4, -0.2) is 15.2 Å². The van der Waals surface area contributed by atoms with E-state index in [1.54, 1.807) is 12.1 Å². The molecule has 0 aliphatic heterocycles. The third kappa shape index (κ3) is 2.89. The number of nitrogens with two attached hydrogens (primary N) is 1. The molecular weight excluding hydrogens is 378 g/mol. The van der Waals surface area contributed by atoms with Crippen LogP contribution in [0.1, 0.15) is 11.1 Å². The third-order valence-electron chi connectivity index (χ3n) is 3.62. The lowest BCUT2D eigenvalue weighted by Gasteiger charge is -2.06. The highest BCUT2D eigenvalue weighted by Gasteiger charge is 2.17. The molecule has 0 radical (unpaired) electrons. The fourth-order valence-corrected chi connectivity index (χ4v) is 3.00. The van der Waals surface area contributed by atoms with Gasteiger partial charge in [-0.3, -0.25) is 0 Å². The van der Waals surface area contributed by atoms with Crippen molar-refractivity contribution in [1.82, 2.24) is 4.98 Å². The molecule has 0 fully saturated rings. The van der Waals surface area contributed by atoms with E-state index in [2.05, 4.69) is 26.2 Å². The standard InChI is InChI=1S/C16H14BrN3O2S/c1-7-5-11-14(13(17)8(7)2)22-15(20-11)10-6-9(19-16(18)23)3-4-12(10)21/h3-6,21H,1-2H3,(H3,18,19,23). The van der Waals surface area contributed by atoms with Gasteiger partial charge in [-0.1, -0.05) is 0 Å². The molecule has 0 atom stereocenters. The molecular formula is C16H14BrN3O2S. The van der Waals surface area contributed by atoms with Crippen LogP contribution in [0.2, 0.25) is 0 Å². The van der Waals surface area contributed by atoms with Gasteiger partial charge in [0.25, 0.3) is 0 Å². The maximum absolute atomic E-state index is 10.1. The molecule has 0 aliphatic carbocycles. The van der Waals surface area contributed by atoms with E-state index in [1.807, 2.05) is 19.9 Å². The summed E-state index contributed by atoms with van der Waals surface area (Å²) in [5.74, 6) is 0.393. The van der Waals surface area contributed by atoms with E-state index in [4.69, 9.17) is 22.4 Å². The summed E-state index contributed by atoms with van der Waals surface area (Å²) in [5, 5.41) is 13.1. The van der Waals surface area contributed by atoms with Gasteiger partial charge >= 0.3 is 0 Å². The number of nitrogens with one attached hydrogen (secondary N) is 1. The average molecular weight is 392 g/mol. The zero-order valence-electron chi connectivity index (χ0n) is 12.5. The van der Waals surface area contributed by atoms with Gasteiger partial charge in [-0.15, -0.1) is 0 Å². The van der Waals surface area contributed by atoms with Crippen LogP contribution in [0.3, 0.4) is 0 Å². The van der Waals surface area contributed by atoms with Gasteiger partial charge in [0.15, 0.2) is 10.7 Å². The minimum absolute atomic E-state index is 0.0645. The van der Waals surface area contributed by atoms with Crippen LogP contribution in [0.15, 0.2) is 33.2 Å². The van der Waals surface area contributed by atoms with Crippen molar-refractivity contribution in [2.45, 2.75) is 13.8 Å². The van der Waals surface area contributed by atoms with E-state index in [0.29, 0.717) is 22.7 Å². The average Bonchev–Trinajstić information content (AvgIpc) is 2.90. The number of hydrogen-bond acceptors (Lipinski definition) is 4. The first kappa shape index (κ1) is 15.8. The Balaban J connectivity index is 2.17. The maximum atomic E-state index is 10.1. The van der Waals surface area contributed by atoms with E-state index in [0.717, 1.165) is 21.1 Å². The van der Waals surface area contributed by atoms with Gasteiger partial charge < -0.3 is 20.6 Å². The number of hydrogen-bond donors (Lipinski definition) is 3. The molecule has 2 aromatic carbocycles. The second-order valence-electron chi connectivity index (χ2n) is 5.22. The molecule has 0 saturated heterocycles. The molecule has 0 spiro atoms. The molecule has 0 unspecified atom stereocenters. The van der Waals surface area contributed by atoms with Gasteiger partial charge in [0.1, 0.15) is 11.3 Å². The van der Waals surface area contributed by atoms with Crippen molar-refractivity contribution in [3.63, 3.8) is 0 Å². The monoisotopic (exact) mass is 391 g/mol. The van der Waals surface area contributed by atoms with E-state index >= 15 is 0 Å². The van der Waals surface area contributed by atoms with E-state index in [-0.39, 0.29) is 10.9 Å². The largest absolute Gasteiger partial charge is 0.507 e. The Bertz CT molecular complexity index is 937. The lowest BCUT2D eigenvalue weighted by molar-refractivity contribution is 0.474. The van der Waals surface area contributed by atoms with Gasteiger partial charge in [-0.25, -0.2) is 4.98 Å². The second kappa shape index (κ2) is 5.82. The summed E-state index contributed by atoms with van der Waals surface area (Å²) >= 11 is 8.37. The molecule has 1 aromatic heterocycles. The Morgan fingerprint density at radius 3 is 2.78 bits per heavy atom. The summed E-state index contributed by atoms with van der Waals surface area (Å²) in [4.78, 5) is 4.48. The highest BCUT2D eigenvalue weighted by atomic mass is 79.9. The molecule has 7 heteroatoms. The van der Waals surface area contributed by atoms with Crippen LogP contribution in [-0.2, 0) is 0 Å². The quantitative estimate of drug-likeness (QED) is 0.447. The molecule has 118 valence electrons. The van der Waals surface area contributed by atoms with Crippen molar-refractivity contribution in [3.8, 4) is 17.2 Å². The first-order chi connectivity index (χ1) is 10.9. The van der Waals surface area contributed by atoms with Gasteiger partial charge in [-0.05, 0) is 77.4 Å². The lowest BCUT2D eigenvalue weighted by Crippen LogP contribution is -2.18. The van der Waals surface area contributed by atoms with Crippen LogP contribution in [0.25, 0.3) is 22.6 Å². The Hall–Kier alpha value is -2.12. The smallest absolute Gasteiger partial charge is 0.231 e. The number of benzene rings is 2. The Morgan fingerprint density at radius 1 is 1.35 bits per heavy atom. The minimum atomic E-state index is 0.0645. The molecule has 1 heterocycles. The summed E-state index contributed by atoms with van der Waals surface area (Å²) in [5.41, 5.74) is 10.2. The van der Waals surface area contributed by atoms with Gasteiger partial charge in [0.05, 0.1) is 10.0 Å². The number of rotatable bonds is 2. The Labute approximate surface area is 146 Å². The fraction of sp³-hybridized carbons (Fsp3) is 0.125. The van der Waals surface area contributed by atoms with Crippen LogP contribution in [0.5, 0.6) is 5.75 Å². The summed E-state index contributed by atoms with van der Waals surface area (Å²) in [6.07, 6.45) is 0. The van der Waals surface area contributed by atoms with E-state index < -0.39 is 0 Å². The minimum Gasteiger partial charge on any atom is -0.507 e. The topological polar surface area (TPSA) is 84.3 Å². The first-order valence-electron chi connectivity index (χ1n) is 6.83. The molecule has 4 N–H and O–H groups in total. The van der Waals surface area contributed by atoms with Gasteiger partial charge in [-0.2, -0.15) is 0 Å². The van der Waals surface area contributed by atoms with Crippen LogP contribution >= 0.6 is 28.1 Å². The number of anilines is 1. The predicted molar refractivity (Wildman–Crippen MR) is 98.7 cm³/mol. The summed E-state index contributed by atoms with van der Waals surface area (Å²) in [7, 11) is 0. The number of nitrogens with zero attached hydrogens (tertiary/aromatic N) is 1. The lowest BCUT2D eigenvalue weighted by atomic mass is 10.1. The number of aromatic hydroxyl groups is 1. The highest BCUT2D eigenvalue weighted by Crippen LogP contribution is 2.37. The number of oxazole rings is 1. The van der Waals surface area contributed by atoms with Crippen molar-refractivity contribution < 1.29 is 9.52 Å². The van der Waals surface area contributed by atoms with Gasteiger partial charge in [0.2, 0.25) is 5.89 Å². The van der Waals surface area contributed by atoms with E-state index in [1.165, 1.54) is 6.07 Å². The third-order valence-corrected chi connectivity index (χ3v) is 4.68. The molecule has 3 rings (SSSR count). The molecule has 0 aliphatic rings. The molecule has 23 heavy (non-hydrogen) atoms.